The van der Waals surface area contributed by atoms with Gasteiger partial charge in [0.2, 0.25) is 6.33 Å². The molecule has 0 bridgehead atoms. The Morgan fingerprint density at radius 3 is 2.52 bits per heavy atom. The Balaban J connectivity index is 0.000000463. The van der Waals surface area contributed by atoms with Gasteiger partial charge >= 0.3 is 7.25 Å². The van der Waals surface area contributed by atoms with Crippen molar-refractivity contribution in [2.24, 2.45) is 7.05 Å². The van der Waals surface area contributed by atoms with Gasteiger partial charge in [0, 0.05) is 9.13 Å². The highest BCUT2D eigenvalue weighted by molar-refractivity contribution is 14.1. The summed E-state index contributed by atoms with van der Waals surface area (Å²) in [4.78, 5) is 0. The Morgan fingerprint density at radius 2 is 2.00 bits per heavy atom. The highest BCUT2D eigenvalue weighted by Crippen LogP contribution is 2.16. The van der Waals surface area contributed by atoms with Gasteiger partial charge in [0.05, 0.1) is 7.05 Å². The van der Waals surface area contributed by atoms with E-state index in [1.54, 1.807) is 0 Å². The fraction of sp³-hybridized carbons (Fsp3) is 0.214. The fourth-order valence-corrected chi connectivity index (χ4v) is 2.20. The summed E-state index contributed by atoms with van der Waals surface area (Å²) >= 11 is 2.29. The quantitative estimate of drug-likeness (QED) is 0.226. The first-order chi connectivity index (χ1) is 10.6. The maximum Gasteiger partial charge on any atom is 0.673 e. The van der Waals surface area contributed by atoms with Crippen LogP contribution in [0.5, 0.6) is 0 Å². The van der Waals surface area contributed by atoms with Crippen molar-refractivity contribution in [1.29, 1.82) is 0 Å². The van der Waals surface area contributed by atoms with Gasteiger partial charge in [-0.15, -0.1) is 0 Å². The van der Waals surface area contributed by atoms with Gasteiger partial charge in [-0.3, -0.25) is 0 Å². The van der Waals surface area contributed by atoms with Crippen LogP contribution in [-0.2, 0) is 18.3 Å². The van der Waals surface area contributed by atoms with Crippen LogP contribution in [0.1, 0.15) is 5.56 Å². The molecule has 0 unspecified atom stereocenters. The zero-order chi connectivity index (χ0) is 17.5. The van der Waals surface area contributed by atoms with Crippen molar-refractivity contribution >= 4 is 35.6 Å². The molecule has 0 amide bonds. The summed E-state index contributed by atoms with van der Waals surface area (Å²) in [7, 11) is -4.00. The van der Waals surface area contributed by atoms with Crippen LogP contribution in [0.3, 0.4) is 0 Å². The Morgan fingerprint density at radius 1 is 1.35 bits per heavy atom. The van der Waals surface area contributed by atoms with Crippen LogP contribution in [-0.4, -0.2) is 18.4 Å². The van der Waals surface area contributed by atoms with E-state index in [0.29, 0.717) is 6.61 Å². The number of benzene rings is 1. The van der Waals surface area contributed by atoms with Gasteiger partial charge in [-0.05, 0) is 34.7 Å². The van der Waals surface area contributed by atoms with Crippen LogP contribution in [0.2, 0.25) is 0 Å². The number of hydrogen-bond acceptors (Lipinski definition) is 1. The molecule has 0 radical (unpaired) electrons. The Kier molecular flexibility index (Phi) is 7.60. The smallest absolute Gasteiger partial charge is 0.489 e. The third kappa shape index (κ3) is 9.27. The van der Waals surface area contributed by atoms with E-state index < -0.39 is 7.25 Å². The molecule has 0 fully saturated rings. The largest absolute Gasteiger partial charge is 0.673 e. The number of rotatable bonds is 5. The van der Waals surface area contributed by atoms with E-state index in [1.165, 1.54) is 3.57 Å². The Hall–Kier alpha value is -1.52. The number of nitrogens with zero attached hydrogens (tertiary/aromatic N) is 2. The lowest BCUT2D eigenvalue weighted by Crippen LogP contribution is -2.24. The van der Waals surface area contributed by atoms with Gasteiger partial charge in [0.15, 0.2) is 0 Å². The first kappa shape index (κ1) is 19.5. The molecule has 0 saturated heterocycles. The summed E-state index contributed by atoms with van der Waals surface area (Å²) in [6.45, 7) is 5.41. The number of aryl methyl sites for hydroxylation is 1. The zero-order valence-electron chi connectivity index (χ0n) is 12.4. The van der Waals surface area contributed by atoms with E-state index in [-0.39, 0.29) is 0 Å². The van der Waals surface area contributed by atoms with Gasteiger partial charge in [0.1, 0.15) is 31.3 Å². The molecule has 1 aromatic carbocycles. The average Bonchev–Trinajstić information content (AvgIpc) is 2.82. The molecule has 0 aliphatic carbocycles. The predicted octanol–water partition coefficient (Wildman–Crippen LogP) is 3.90. The zero-order valence-corrected chi connectivity index (χ0v) is 14.6. The second-order valence-electron chi connectivity index (χ2n) is 4.59. The summed E-state index contributed by atoms with van der Waals surface area (Å²) < 4.78 is 49.9. The van der Waals surface area contributed by atoms with Crippen LogP contribution in [0.25, 0.3) is 5.76 Å². The van der Waals surface area contributed by atoms with Crippen molar-refractivity contribution in [2.45, 2.75) is 6.54 Å². The molecule has 0 saturated carbocycles. The molecular weight excluding hydrogens is 426 g/mol. The highest BCUT2D eigenvalue weighted by Gasteiger charge is 2.20. The Bertz CT molecular complexity index is 640. The molecule has 9 heteroatoms. The second kappa shape index (κ2) is 8.95. The Labute approximate surface area is 145 Å². The molecule has 23 heavy (non-hydrogen) atoms. The summed E-state index contributed by atoms with van der Waals surface area (Å²) in [5.41, 5.74) is 1.04. The molecule has 0 atom stereocenters. The maximum absolute atomic E-state index is 9.75. The average molecular weight is 442 g/mol. The minimum absolute atomic E-state index is 0.624. The van der Waals surface area contributed by atoms with Crippen LogP contribution < -0.4 is 4.57 Å². The third-order valence-electron chi connectivity index (χ3n) is 2.60. The molecule has 2 rings (SSSR count). The van der Waals surface area contributed by atoms with Gasteiger partial charge in [-0.25, -0.2) is 9.13 Å². The SMILES string of the molecule is C=C(OCCn1cc[n+](C)c1)c1cccc(I)c1.F[B-](F)(F)F. The monoisotopic (exact) mass is 442 g/mol. The lowest BCUT2D eigenvalue weighted by atomic mass is 10.2. The molecule has 1 heterocycles. The first-order valence-electron chi connectivity index (χ1n) is 6.61. The number of imidazole rings is 1. The molecule has 0 aliphatic heterocycles. The summed E-state index contributed by atoms with van der Waals surface area (Å²) in [6.07, 6.45) is 6.06. The number of halogens is 5. The van der Waals surface area contributed by atoms with E-state index in [9.17, 15) is 17.3 Å². The van der Waals surface area contributed by atoms with Crippen molar-refractivity contribution < 1.29 is 26.6 Å². The molecule has 0 aliphatic rings. The third-order valence-corrected chi connectivity index (χ3v) is 3.27. The van der Waals surface area contributed by atoms with Crippen molar-refractivity contribution in [2.75, 3.05) is 6.61 Å². The standard InChI is InChI=1S/C14H16IN2O.BF4/c1-12(13-4-3-5-14(15)10-13)18-9-8-17-7-6-16(2)11-17;2-1(3,4)5/h3-7,10-11H,1,8-9H2,2H3;/q+1;-1. The normalized spacial score (nSPS) is 10.7. The molecule has 0 N–H and O–H groups in total. The van der Waals surface area contributed by atoms with Gasteiger partial charge in [-0.2, -0.15) is 0 Å². The predicted molar refractivity (Wildman–Crippen MR) is 89.9 cm³/mol. The van der Waals surface area contributed by atoms with Crippen molar-refractivity contribution in [3.8, 4) is 0 Å². The van der Waals surface area contributed by atoms with Crippen molar-refractivity contribution in [3.05, 3.63) is 58.7 Å². The van der Waals surface area contributed by atoms with E-state index in [0.717, 1.165) is 17.9 Å². The van der Waals surface area contributed by atoms with Crippen LogP contribution in [0.15, 0.2) is 49.6 Å². The van der Waals surface area contributed by atoms with E-state index in [1.807, 2.05) is 42.5 Å². The number of hydrogen-bond donors (Lipinski definition) is 0. The van der Waals surface area contributed by atoms with Crippen LogP contribution >= 0.6 is 22.6 Å². The summed E-state index contributed by atoms with van der Waals surface area (Å²) in [6, 6.07) is 8.15. The minimum atomic E-state index is -6.00. The van der Waals surface area contributed by atoms with Crippen molar-refractivity contribution in [1.82, 2.24) is 4.57 Å². The fourth-order valence-electron chi connectivity index (χ4n) is 1.65. The lowest BCUT2D eigenvalue weighted by Gasteiger charge is -2.08. The highest BCUT2D eigenvalue weighted by atomic mass is 127. The number of ether oxygens (including phenoxy) is 1. The van der Waals surface area contributed by atoms with Gasteiger partial charge in [-0.1, -0.05) is 18.7 Å². The molecule has 1 aromatic heterocycles. The molecule has 0 spiro atoms. The lowest BCUT2D eigenvalue weighted by molar-refractivity contribution is -0.671. The topological polar surface area (TPSA) is 18.0 Å². The van der Waals surface area contributed by atoms with E-state index in [2.05, 4.69) is 45.9 Å². The van der Waals surface area contributed by atoms with Gasteiger partial charge < -0.3 is 22.0 Å². The summed E-state index contributed by atoms with van der Waals surface area (Å²) in [5, 5.41) is 0. The van der Waals surface area contributed by atoms with Crippen LogP contribution in [0, 0.1) is 3.57 Å². The molecule has 3 nitrogen and oxygen atoms in total. The molecule has 126 valence electrons. The maximum atomic E-state index is 9.75. The van der Waals surface area contributed by atoms with E-state index in [4.69, 9.17) is 4.74 Å². The first-order valence-corrected chi connectivity index (χ1v) is 7.69. The van der Waals surface area contributed by atoms with Gasteiger partial charge in [0.25, 0.3) is 0 Å². The molecule has 2 aromatic rings. The second-order valence-corrected chi connectivity index (χ2v) is 5.84. The summed E-state index contributed by atoms with van der Waals surface area (Å²) in [5.74, 6) is 0.727. The minimum Gasteiger partial charge on any atom is -0.489 e. The van der Waals surface area contributed by atoms with E-state index >= 15 is 0 Å². The van der Waals surface area contributed by atoms with Crippen molar-refractivity contribution in [3.63, 3.8) is 0 Å². The number of aromatic nitrogens is 2. The van der Waals surface area contributed by atoms with Crippen LogP contribution in [0.4, 0.5) is 17.3 Å². The molecular formula is C14H16BF4IN2O.